The molecule has 25 heavy (non-hydrogen) atoms. The first-order chi connectivity index (χ1) is 12.1. The predicted octanol–water partition coefficient (Wildman–Crippen LogP) is 2.74. The maximum absolute atomic E-state index is 12.4. The number of aryl methyl sites for hydroxylation is 2. The van der Waals surface area contributed by atoms with Gasteiger partial charge in [0.2, 0.25) is 0 Å². The first kappa shape index (κ1) is 16.1. The molecular weight excluding hydrogens is 334 g/mol. The molecule has 1 N–H and O–H groups in total. The second-order valence-electron chi connectivity index (χ2n) is 6.52. The van der Waals surface area contributed by atoms with Gasteiger partial charge in [0.1, 0.15) is 5.69 Å². The summed E-state index contributed by atoms with van der Waals surface area (Å²) in [6.45, 7) is 3.71. The summed E-state index contributed by atoms with van der Waals surface area (Å²) in [6.07, 6.45) is 2.03. The van der Waals surface area contributed by atoms with Crippen molar-refractivity contribution < 1.29 is 4.79 Å². The minimum Gasteiger partial charge on any atom is -0.346 e. The van der Waals surface area contributed by atoms with Gasteiger partial charge in [-0.15, -0.1) is 0 Å². The van der Waals surface area contributed by atoms with Crippen LogP contribution in [0.15, 0.2) is 30.3 Å². The van der Waals surface area contributed by atoms with Crippen LogP contribution in [0.4, 0.5) is 5.13 Å². The van der Waals surface area contributed by atoms with Crippen molar-refractivity contribution in [3.8, 4) is 0 Å². The quantitative estimate of drug-likeness (QED) is 0.785. The minimum atomic E-state index is -0.0974. The fraction of sp³-hybridized carbons (Fsp3) is 0.389. The molecule has 6 nitrogen and oxygen atoms in total. The molecule has 1 aliphatic heterocycles. The summed E-state index contributed by atoms with van der Waals surface area (Å²) in [6, 6.07) is 10.1. The number of anilines is 1. The number of aromatic nitrogens is 3. The summed E-state index contributed by atoms with van der Waals surface area (Å²) in [5.74, 6) is -0.0974. The van der Waals surface area contributed by atoms with E-state index in [0.717, 1.165) is 42.3 Å². The summed E-state index contributed by atoms with van der Waals surface area (Å²) < 4.78 is 2.93. The van der Waals surface area contributed by atoms with E-state index in [1.54, 1.807) is 16.0 Å². The number of rotatable bonds is 3. The zero-order chi connectivity index (χ0) is 17.4. The topological polar surface area (TPSA) is 63.1 Å². The highest BCUT2D eigenvalue weighted by molar-refractivity contribution is 7.22. The van der Waals surface area contributed by atoms with Crippen molar-refractivity contribution in [3.63, 3.8) is 0 Å². The van der Waals surface area contributed by atoms with E-state index >= 15 is 0 Å². The van der Waals surface area contributed by atoms with Gasteiger partial charge in [-0.3, -0.25) is 9.48 Å². The molecule has 1 aromatic carbocycles. The normalized spacial score (nSPS) is 17.8. The van der Waals surface area contributed by atoms with Crippen LogP contribution in [0.25, 0.3) is 10.2 Å². The lowest BCUT2D eigenvalue weighted by Crippen LogP contribution is -2.47. The van der Waals surface area contributed by atoms with Gasteiger partial charge in [0.25, 0.3) is 5.91 Å². The molecule has 1 fully saturated rings. The Morgan fingerprint density at radius 1 is 1.36 bits per heavy atom. The number of hydrogen-bond donors (Lipinski definition) is 1. The van der Waals surface area contributed by atoms with Gasteiger partial charge in [0.05, 0.1) is 10.2 Å². The van der Waals surface area contributed by atoms with E-state index in [0.29, 0.717) is 5.69 Å². The average Bonchev–Trinajstić information content (AvgIpc) is 3.19. The third kappa shape index (κ3) is 3.24. The van der Waals surface area contributed by atoms with Crippen molar-refractivity contribution in [2.75, 3.05) is 18.0 Å². The molecule has 1 saturated heterocycles. The van der Waals surface area contributed by atoms with Crippen molar-refractivity contribution in [2.45, 2.75) is 25.8 Å². The lowest BCUT2D eigenvalue weighted by atomic mass is 10.1. The van der Waals surface area contributed by atoms with Crippen LogP contribution in [0.5, 0.6) is 0 Å². The molecule has 130 valence electrons. The van der Waals surface area contributed by atoms with E-state index in [2.05, 4.69) is 21.4 Å². The average molecular weight is 355 g/mol. The van der Waals surface area contributed by atoms with E-state index in [4.69, 9.17) is 4.98 Å². The number of fused-ring (bicyclic) bond motifs is 1. The summed E-state index contributed by atoms with van der Waals surface area (Å²) >= 11 is 1.71. The number of para-hydroxylation sites is 1. The van der Waals surface area contributed by atoms with Gasteiger partial charge in [0.15, 0.2) is 5.13 Å². The molecule has 1 amide bonds. The summed E-state index contributed by atoms with van der Waals surface area (Å²) in [5.41, 5.74) is 2.50. The zero-order valence-electron chi connectivity index (χ0n) is 14.4. The van der Waals surface area contributed by atoms with Gasteiger partial charge >= 0.3 is 0 Å². The highest BCUT2D eigenvalue weighted by Gasteiger charge is 2.24. The molecule has 1 aliphatic rings. The first-order valence-corrected chi connectivity index (χ1v) is 9.34. The number of benzene rings is 1. The van der Waals surface area contributed by atoms with Crippen molar-refractivity contribution in [1.29, 1.82) is 0 Å². The Morgan fingerprint density at radius 3 is 2.96 bits per heavy atom. The lowest BCUT2D eigenvalue weighted by Gasteiger charge is -2.32. The van der Waals surface area contributed by atoms with Crippen LogP contribution in [0.3, 0.4) is 0 Å². The fourth-order valence-electron chi connectivity index (χ4n) is 3.19. The number of hydrogen-bond acceptors (Lipinski definition) is 5. The Hall–Kier alpha value is -2.41. The molecule has 0 bridgehead atoms. The van der Waals surface area contributed by atoms with Crippen LogP contribution in [0, 0.1) is 6.92 Å². The highest BCUT2D eigenvalue weighted by Crippen LogP contribution is 2.30. The van der Waals surface area contributed by atoms with Crippen LogP contribution in [-0.4, -0.2) is 39.8 Å². The monoisotopic (exact) mass is 355 g/mol. The molecule has 0 spiro atoms. The Labute approximate surface area is 150 Å². The van der Waals surface area contributed by atoms with Gasteiger partial charge in [-0.05, 0) is 38.0 Å². The number of carbonyl (C=O) groups excluding carboxylic acids is 1. The molecule has 0 saturated carbocycles. The van der Waals surface area contributed by atoms with Crippen LogP contribution in [-0.2, 0) is 7.05 Å². The van der Waals surface area contributed by atoms with Crippen LogP contribution in [0.2, 0.25) is 0 Å². The largest absolute Gasteiger partial charge is 0.346 e. The van der Waals surface area contributed by atoms with Crippen molar-refractivity contribution in [3.05, 3.63) is 41.7 Å². The maximum atomic E-state index is 12.4. The molecular formula is C18H21N5OS. The number of thiazole rings is 1. The Kier molecular flexibility index (Phi) is 4.17. The highest BCUT2D eigenvalue weighted by atomic mass is 32.1. The summed E-state index contributed by atoms with van der Waals surface area (Å²) in [7, 11) is 1.85. The van der Waals surface area contributed by atoms with Crippen LogP contribution < -0.4 is 10.2 Å². The molecule has 7 heteroatoms. The van der Waals surface area contributed by atoms with E-state index in [1.807, 2.05) is 38.2 Å². The Morgan fingerprint density at radius 2 is 2.20 bits per heavy atom. The lowest BCUT2D eigenvalue weighted by molar-refractivity contribution is 0.0927. The molecule has 1 atom stereocenters. The molecule has 0 radical (unpaired) electrons. The number of nitrogens with zero attached hydrogens (tertiary/aromatic N) is 4. The van der Waals surface area contributed by atoms with Crippen molar-refractivity contribution in [2.24, 2.45) is 7.05 Å². The Bertz CT molecular complexity index is 863. The van der Waals surface area contributed by atoms with E-state index < -0.39 is 0 Å². The van der Waals surface area contributed by atoms with Crippen LogP contribution >= 0.6 is 11.3 Å². The smallest absolute Gasteiger partial charge is 0.272 e. The third-order valence-corrected chi connectivity index (χ3v) is 5.75. The van der Waals surface area contributed by atoms with Crippen molar-refractivity contribution in [1.82, 2.24) is 20.1 Å². The van der Waals surface area contributed by atoms with Crippen LogP contribution in [0.1, 0.15) is 29.0 Å². The van der Waals surface area contributed by atoms with E-state index in [9.17, 15) is 4.79 Å². The molecule has 1 unspecified atom stereocenters. The third-order valence-electron chi connectivity index (χ3n) is 4.66. The van der Waals surface area contributed by atoms with Gasteiger partial charge in [0, 0.05) is 31.9 Å². The first-order valence-electron chi connectivity index (χ1n) is 8.52. The fourth-order valence-corrected chi connectivity index (χ4v) is 4.20. The van der Waals surface area contributed by atoms with Gasteiger partial charge in [-0.1, -0.05) is 23.5 Å². The number of carbonyl (C=O) groups is 1. The van der Waals surface area contributed by atoms with Gasteiger partial charge in [-0.25, -0.2) is 4.98 Å². The predicted molar refractivity (Wildman–Crippen MR) is 100 cm³/mol. The van der Waals surface area contributed by atoms with Gasteiger partial charge in [-0.2, -0.15) is 5.10 Å². The second-order valence-corrected chi connectivity index (χ2v) is 7.53. The number of piperidine rings is 1. The van der Waals surface area contributed by atoms with E-state index in [1.165, 1.54) is 4.70 Å². The minimum absolute atomic E-state index is 0.0974. The zero-order valence-corrected chi connectivity index (χ0v) is 15.2. The van der Waals surface area contributed by atoms with Gasteiger partial charge < -0.3 is 10.2 Å². The molecule has 2 aromatic heterocycles. The Balaban J connectivity index is 1.46. The second kappa shape index (κ2) is 6.48. The standard InChI is InChI=1S/C18H21N5OS/c1-12-10-15(21-22(12)2)17(24)19-13-6-5-9-23(11-13)18-20-14-7-3-4-8-16(14)25-18/h3-4,7-8,10,13H,5-6,9,11H2,1-2H3,(H,19,24). The summed E-state index contributed by atoms with van der Waals surface area (Å²) in [4.78, 5) is 19.5. The molecule has 0 aliphatic carbocycles. The molecule has 4 rings (SSSR count). The maximum Gasteiger partial charge on any atom is 0.272 e. The molecule has 3 aromatic rings. The van der Waals surface area contributed by atoms with Crippen molar-refractivity contribution >= 4 is 32.6 Å². The SMILES string of the molecule is Cc1cc(C(=O)NC2CCCN(c3nc4ccccc4s3)C2)nn1C. The number of amides is 1. The number of nitrogens with one attached hydrogen (secondary N) is 1. The van der Waals surface area contributed by atoms with E-state index in [-0.39, 0.29) is 11.9 Å². The summed E-state index contributed by atoms with van der Waals surface area (Å²) in [5, 5.41) is 8.43. The molecule has 3 heterocycles.